The highest BCUT2D eigenvalue weighted by atomic mass is 16.5. The van der Waals surface area contributed by atoms with E-state index in [1.807, 2.05) is 0 Å². The Morgan fingerprint density at radius 2 is 1.89 bits per heavy atom. The number of piperidine rings is 1. The summed E-state index contributed by atoms with van der Waals surface area (Å²) in [6.07, 6.45) is 2.54. The lowest BCUT2D eigenvalue weighted by Crippen LogP contribution is -2.57. The van der Waals surface area contributed by atoms with Gasteiger partial charge in [-0.2, -0.15) is 0 Å². The quantitative estimate of drug-likeness (QED) is 0.634. The minimum Gasteiger partial charge on any atom is -0.380 e. The number of nitrogens with zero attached hydrogens (tertiary/aromatic N) is 3. The van der Waals surface area contributed by atoms with Crippen LogP contribution in [0.2, 0.25) is 0 Å². The Balaban J connectivity index is 1.72. The van der Waals surface area contributed by atoms with Gasteiger partial charge in [0.25, 0.3) is 5.91 Å². The van der Waals surface area contributed by atoms with E-state index in [-0.39, 0.29) is 11.9 Å². The molecular formula is C13H21N3O3. The third kappa shape index (κ3) is 1.77. The Hall–Kier alpha value is -1.14. The van der Waals surface area contributed by atoms with Gasteiger partial charge in [-0.1, -0.05) is 0 Å². The van der Waals surface area contributed by atoms with E-state index in [1.54, 1.807) is 19.0 Å². The Morgan fingerprint density at radius 1 is 1.21 bits per heavy atom. The van der Waals surface area contributed by atoms with Gasteiger partial charge in [-0.05, 0) is 19.3 Å². The molecule has 3 aliphatic rings. The first-order valence-electron chi connectivity index (χ1n) is 6.94. The fourth-order valence-corrected chi connectivity index (χ4v) is 3.57. The van der Waals surface area contributed by atoms with Crippen LogP contribution in [0.4, 0.5) is 4.79 Å². The highest BCUT2D eigenvalue weighted by molar-refractivity contribution is 6.06. The van der Waals surface area contributed by atoms with Gasteiger partial charge < -0.3 is 9.64 Å². The van der Waals surface area contributed by atoms with Crippen LogP contribution in [0.1, 0.15) is 19.3 Å². The van der Waals surface area contributed by atoms with Gasteiger partial charge in [0, 0.05) is 39.8 Å². The van der Waals surface area contributed by atoms with Gasteiger partial charge >= 0.3 is 6.03 Å². The average Bonchev–Trinajstić information content (AvgIpc) is 3.02. The van der Waals surface area contributed by atoms with Gasteiger partial charge in [-0.25, -0.2) is 4.79 Å². The predicted molar refractivity (Wildman–Crippen MR) is 68.7 cm³/mol. The average molecular weight is 267 g/mol. The van der Waals surface area contributed by atoms with Crippen LogP contribution in [-0.2, 0) is 9.53 Å². The molecule has 6 heteroatoms. The number of carbonyl (C=O) groups is 2. The molecule has 0 aliphatic carbocycles. The van der Waals surface area contributed by atoms with E-state index in [4.69, 9.17) is 4.74 Å². The van der Waals surface area contributed by atoms with E-state index in [0.717, 1.165) is 45.6 Å². The summed E-state index contributed by atoms with van der Waals surface area (Å²) in [5.41, 5.74) is -0.595. The fraction of sp³-hybridized carbons (Fsp3) is 0.846. The first-order valence-corrected chi connectivity index (χ1v) is 6.94. The lowest BCUT2D eigenvalue weighted by atomic mass is 9.85. The number of ether oxygens (including phenoxy) is 1. The van der Waals surface area contributed by atoms with Crippen molar-refractivity contribution in [1.29, 1.82) is 0 Å². The minimum atomic E-state index is -0.595. The maximum absolute atomic E-state index is 12.4. The second kappa shape index (κ2) is 4.45. The van der Waals surface area contributed by atoms with Crippen molar-refractivity contribution < 1.29 is 14.3 Å². The summed E-state index contributed by atoms with van der Waals surface area (Å²) in [4.78, 5) is 29.6. The fourth-order valence-electron chi connectivity index (χ4n) is 3.57. The molecule has 3 heterocycles. The van der Waals surface area contributed by atoms with Crippen LogP contribution in [0, 0.1) is 0 Å². The van der Waals surface area contributed by atoms with Crippen LogP contribution >= 0.6 is 0 Å². The molecule has 3 aliphatic heterocycles. The van der Waals surface area contributed by atoms with Crippen LogP contribution in [-0.4, -0.2) is 78.6 Å². The van der Waals surface area contributed by atoms with Gasteiger partial charge in [0.15, 0.2) is 0 Å². The van der Waals surface area contributed by atoms with E-state index in [2.05, 4.69) is 4.90 Å². The zero-order valence-corrected chi connectivity index (χ0v) is 11.6. The van der Waals surface area contributed by atoms with E-state index >= 15 is 0 Å². The first-order chi connectivity index (χ1) is 9.06. The highest BCUT2D eigenvalue weighted by Crippen LogP contribution is 2.36. The minimum absolute atomic E-state index is 0.0395. The molecule has 0 aromatic carbocycles. The monoisotopic (exact) mass is 267 g/mol. The normalized spacial score (nSPS) is 31.8. The van der Waals surface area contributed by atoms with Crippen molar-refractivity contribution in [2.75, 3.05) is 40.4 Å². The number of hydrogen-bond acceptors (Lipinski definition) is 4. The van der Waals surface area contributed by atoms with Crippen molar-refractivity contribution in [3.8, 4) is 0 Å². The second-order valence-corrected chi connectivity index (χ2v) is 5.79. The molecular weight excluding hydrogens is 246 g/mol. The molecule has 19 heavy (non-hydrogen) atoms. The molecule has 0 bridgehead atoms. The van der Waals surface area contributed by atoms with Gasteiger partial charge in [-0.3, -0.25) is 14.6 Å². The molecule has 3 rings (SSSR count). The first kappa shape index (κ1) is 12.9. The largest absolute Gasteiger partial charge is 0.380 e. The predicted octanol–water partition coefficient (Wildman–Crippen LogP) is 0.134. The molecule has 3 amide bonds. The lowest BCUT2D eigenvalue weighted by Gasteiger charge is -2.42. The zero-order chi connectivity index (χ0) is 13.6. The van der Waals surface area contributed by atoms with Crippen LogP contribution in [0.3, 0.4) is 0 Å². The number of likely N-dealkylation sites (N-methyl/N-ethyl adjacent to an activating group) is 2. The summed E-state index contributed by atoms with van der Waals surface area (Å²) in [5.74, 6) is -0.0395. The Bertz CT molecular complexity index is 398. The topological polar surface area (TPSA) is 53.1 Å². The summed E-state index contributed by atoms with van der Waals surface area (Å²) in [6, 6.07) is 0.315. The molecule has 0 aromatic rings. The van der Waals surface area contributed by atoms with Gasteiger partial charge in [0.1, 0.15) is 5.54 Å². The lowest BCUT2D eigenvalue weighted by molar-refractivity contribution is -0.134. The van der Waals surface area contributed by atoms with Crippen molar-refractivity contribution in [2.45, 2.75) is 30.8 Å². The van der Waals surface area contributed by atoms with Crippen LogP contribution in [0.15, 0.2) is 0 Å². The van der Waals surface area contributed by atoms with E-state index in [0.29, 0.717) is 6.04 Å². The molecule has 0 radical (unpaired) electrons. The summed E-state index contributed by atoms with van der Waals surface area (Å²) in [5, 5.41) is 0. The number of imide groups is 1. The van der Waals surface area contributed by atoms with Crippen molar-refractivity contribution in [2.24, 2.45) is 0 Å². The van der Waals surface area contributed by atoms with Crippen molar-refractivity contribution in [1.82, 2.24) is 14.7 Å². The van der Waals surface area contributed by atoms with Gasteiger partial charge in [-0.15, -0.1) is 0 Å². The molecule has 0 aromatic heterocycles. The summed E-state index contributed by atoms with van der Waals surface area (Å²) in [7, 11) is 3.32. The molecule has 1 unspecified atom stereocenters. The number of carbonyl (C=O) groups excluding carboxylic acids is 2. The van der Waals surface area contributed by atoms with E-state index in [1.165, 1.54) is 4.90 Å². The van der Waals surface area contributed by atoms with Crippen molar-refractivity contribution in [3.05, 3.63) is 0 Å². The number of urea groups is 1. The molecule has 6 nitrogen and oxygen atoms in total. The second-order valence-electron chi connectivity index (χ2n) is 5.79. The molecule has 106 valence electrons. The summed E-state index contributed by atoms with van der Waals surface area (Å²) >= 11 is 0. The molecule has 1 spiro atoms. The Labute approximate surface area is 113 Å². The van der Waals surface area contributed by atoms with Crippen molar-refractivity contribution >= 4 is 11.9 Å². The SMILES string of the molecule is CN1C(=O)N(C)C2(CCN(C3CCOC3)CC2)C1=O. The Kier molecular flexibility index (Phi) is 3.02. The summed E-state index contributed by atoms with van der Waals surface area (Å²) < 4.78 is 5.42. The maximum atomic E-state index is 12.4. The number of rotatable bonds is 1. The van der Waals surface area contributed by atoms with Crippen LogP contribution < -0.4 is 0 Å². The highest BCUT2D eigenvalue weighted by Gasteiger charge is 2.55. The summed E-state index contributed by atoms with van der Waals surface area (Å²) in [6.45, 7) is 3.37. The molecule has 0 saturated carbocycles. The van der Waals surface area contributed by atoms with Crippen LogP contribution in [0.25, 0.3) is 0 Å². The van der Waals surface area contributed by atoms with E-state index in [9.17, 15) is 9.59 Å². The smallest absolute Gasteiger partial charge is 0.327 e. The molecule has 3 fully saturated rings. The zero-order valence-electron chi connectivity index (χ0n) is 11.6. The molecule has 3 saturated heterocycles. The molecule has 1 atom stereocenters. The van der Waals surface area contributed by atoms with Crippen LogP contribution in [0.5, 0.6) is 0 Å². The molecule has 0 N–H and O–H groups in total. The van der Waals surface area contributed by atoms with E-state index < -0.39 is 5.54 Å². The van der Waals surface area contributed by atoms with Gasteiger partial charge in [0.2, 0.25) is 0 Å². The third-order valence-electron chi connectivity index (χ3n) is 4.97. The number of likely N-dealkylation sites (tertiary alicyclic amines) is 1. The number of hydrogen-bond donors (Lipinski definition) is 0. The third-order valence-corrected chi connectivity index (χ3v) is 4.97. The standard InChI is InChI=1S/C13H21N3O3/c1-14-11(17)13(15(2)12(14)18)4-6-16(7-5-13)10-3-8-19-9-10/h10H,3-9H2,1-2H3. The van der Waals surface area contributed by atoms with Crippen molar-refractivity contribution in [3.63, 3.8) is 0 Å². The number of amides is 3. The van der Waals surface area contributed by atoms with Gasteiger partial charge in [0.05, 0.1) is 6.61 Å². The Morgan fingerprint density at radius 3 is 2.37 bits per heavy atom. The maximum Gasteiger partial charge on any atom is 0.327 e.